The largest absolute Gasteiger partial charge is 0.280 e. The molecule has 0 saturated carbocycles. The molecule has 4 heteroatoms. The molecular weight excluding hydrogens is 128 g/mol. The fraction of sp³-hybridized carbons (Fsp3) is 0.167. The van der Waals surface area contributed by atoms with Gasteiger partial charge in [-0.25, -0.2) is 9.97 Å². The van der Waals surface area contributed by atoms with Gasteiger partial charge < -0.3 is 0 Å². The molecule has 0 spiro atoms. The molecule has 0 aliphatic rings. The first-order valence-corrected chi connectivity index (χ1v) is 2.98. The third-order valence-corrected chi connectivity index (χ3v) is 1.42. The van der Waals surface area contributed by atoms with E-state index in [0.717, 1.165) is 16.7 Å². The predicted molar refractivity (Wildman–Crippen MR) is 38.5 cm³/mol. The van der Waals surface area contributed by atoms with Crippen molar-refractivity contribution in [3.8, 4) is 0 Å². The molecule has 4 nitrogen and oxygen atoms in total. The van der Waals surface area contributed by atoms with Gasteiger partial charge in [0.1, 0.15) is 6.33 Å². The highest BCUT2D eigenvalue weighted by Gasteiger charge is 1.98. The smallest absolute Gasteiger partial charge is 0.184 e. The van der Waals surface area contributed by atoms with E-state index in [9.17, 15) is 0 Å². The van der Waals surface area contributed by atoms with Gasteiger partial charge in [-0.1, -0.05) is 0 Å². The maximum absolute atomic E-state index is 3.95. The van der Waals surface area contributed by atoms with Crippen LogP contribution in [0, 0.1) is 6.92 Å². The highest BCUT2D eigenvalue weighted by Crippen LogP contribution is 2.08. The summed E-state index contributed by atoms with van der Waals surface area (Å²) in [6.45, 7) is 1.94. The number of H-pyrrole nitrogens is 1. The Labute approximate surface area is 58.8 Å². The van der Waals surface area contributed by atoms with Crippen molar-refractivity contribution in [2.45, 2.75) is 6.92 Å². The number of hydrogen-bond acceptors (Lipinski definition) is 3. The first kappa shape index (κ1) is 5.34. The number of hydrogen-bond donors (Lipinski definition) is 1. The fourth-order valence-electron chi connectivity index (χ4n) is 0.874. The number of aromatic nitrogens is 4. The average molecular weight is 136 g/mol. The first-order valence-electron chi connectivity index (χ1n) is 2.98. The number of aromatic amines is 1. The van der Waals surface area contributed by atoms with Crippen molar-refractivity contribution >= 4 is 11.0 Å². The molecule has 0 bridgehead atoms. The lowest BCUT2D eigenvalue weighted by molar-refractivity contribution is 1.05. The zero-order chi connectivity index (χ0) is 6.97. The van der Waals surface area contributed by atoms with E-state index in [-0.39, 0.29) is 1.43 Å². The van der Waals surface area contributed by atoms with Crippen LogP contribution in [0.25, 0.3) is 11.0 Å². The van der Waals surface area contributed by atoms with Gasteiger partial charge in [0.25, 0.3) is 0 Å². The van der Waals surface area contributed by atoms with Crippen LogP contribution in [-0.4, -0.2) is 20.2 Å². The van der Waals surface area contributed by atoms with Crippen molar-refractivity contribution < 1.29 is 1.43 Å². The normalized spacial score (nSPS) is 10.5. The van der Waals surface area contributed by atoms with Crippen LogP contribution >= 0.6 is 0 Å². The molecule has 2 rings (SSSR count). The number of fused-ring (bicyclic) bond motifs is 1. The minimum absolute atomic E-state index is 0. The van der Waals surface area contributed by atoms with E-state index in [0.29, 0.717) is 0 Å². The molecular formula is C6H8N4. The molecule has 0 aliphatic carbocycles. The summed E-state index contributed by atoms with van der Waals surface area (Å²) in [6.07, 6.45) is 3.24. The predicted octanol–water partition coefficient (Wildman–Crippen LogP) is 0.907. The van der Waals surface area contributed by atoms with E-state index >= 15 is 0 Å². The molecule has 10 heavy (non-hydrogen) atoms. The minimum atomic E-state index is 0. The van der Waals surface area contributed by atoms with Crippen LogP contribution in [0.15, 0.2) is 12.5 Å². The second-order valence-electron chi connectivity index (χ2n) is 2.11. The number of rotatable bonds is 0. The molecule has 0 radical (unpaired) electrons. The molecule has 0 fully saturated rings. The summed E-state index contributed by atoms with van der Waals surface area (Å²) in [4.78, 5) is 7.82. The highest BCUT2D eigenvalue weighted by atomic mass is 15.2. The zero-order valence-electron chi connectivity index (χ0n) is 5.50. The second kappa shape index (κ2) is 1.76. The second-order valence-corrected chi connectivity index (χ2v) is 2.11. The summed E-state index contributed by atoms with van der Waals surface area (Å²) in [5.74, 6) is 0. The maximum Gasteiger partial charge on any atom is 0.184 e. The lowest BCUT2D eigenvalue weighted by atomic mass is 10.3. The Morgan fingerprint density at radius 2 is 2.50 bits per heavy atom. The molecule has 2 heterocycles. The topological polar surface area (TPSA) is 54.5 Å². The summed E-state index contributed by atoms with van der Waals surface area (Å²) in [5.41, 5.74) is 1.74. The fourth-order valence-corrected chi connectivity index (χ4v) is 0.874. The lowest BCUT2D eigenvalue weighted by Crippen LogP contribution is -1.76. The van der Waals surface area contributed by atoms with Gasteiger partial charge in [0, 0.05) is 13.3 Å². The van der Waals surface area contributed by atoms with Crippen molar-refractivity contribution in [1.82, 2.24) is 20.2 Å². The Balaban J connectivity index is 0.000000605. The molecule has 1 N–H and O–H groups in total. The van der Waals surface area contributed by atoms with Crippen LogP contribution in [0.5, 0.6) is 0 Å². The number of nitrogens with zero attached hydrogens (tertiary/aromatic N) is 3. The van der Waals surface area contributed by atoms with Crippen molar-refractivity contribution in [3.63, 3.8) is 0 Å². The van der Waals surface area contributed by atoms with Crippen LogP contribution in [0.1, 0.15) is 7.12 Å². The summed E-state index contributed by atoms with van der Waals surface area (Å²) < 4.78 is 0. The molecule has 0 saturated heterocycles. The maximum atomic E-state index is 3.95. The monoisotopic (exact) mass is 136 g/mol. The molecule has 0 atom stereocenters. The van der Waals surface area contributed by atoms with Gasteiger partial charge >= 0.3 is 0 Å². The van der Waals surface area contributed by atoms with Crippen molar-refractivity contribution in [2.75, 3.05) is 0 Å². The zero-order valence-corrected chi connectivity index (χ0v) is 5.50. The van der Waals surface area contributed by atoms with Gasteiger partial charge in [0.15, 0.2) is 5.65 Å². The Morgan fingerprint density at radius 1 is 1.60 bits per heavy atom. The van der Waals surface area contributed by atoms with E-state index in [2.05, 4.69) is 20.2 Å². The summed E-state index contributed by atoms with van der Waals surface area (Å²) in [7, 11) is 0. The Morgan fingerprint density at radius 3 is 3.30 bits per heavy atom. The molecule has 0 unspecified atom stereocenters. The van der Waals surface area contributed by atoms with E-state index < -0.39 is 0 Å². The summed E-state index contributed by atoms with van der Waals surface area (Å²) in [6, 6.07) is 0. The van der Waals surface area contributed by atoms with Crippen LogP contribution in [0.3, 0.4) is 0 Å². The first-order chi connectivity index (χ1) is 4.88. The molecule has 0 aliphatic heterocycles. The van der Waals surface area contributed by atoms with Gasteiger partial charge in [-0.2, -0.15) is 5.10 Å². The highest BCUT2D eigenvalue weighted by molar-refractivity contribution is 5.75. The standard InChI is InChI=1S/C6H6N4.H2/c1-4-5-2-7-3-8-6(5)10-9-4;/h2-3H,1H3,(H,7,8,9,10);1H. The van der Waals surface area contributed by atoms with Crippen LogP contribution in [0.2, 0.25) is 0 Å². The molecule has 0 aromatic carbocycles. The van der Waals surface area contributed by atoms with E-state index in [4.69, 9.17) is 0 Å². The quantitative estimate of drug-likeness (QED) is 0.585. The van der Waals surface area contributed by atoms with E-state index in [1.54, 1.807) is 6.20 Å². The van der Waals surface area contributed by atoms with E-state index in [1.165, 1.54) is 6.33 Å². The van der Waals surface area contributed by atoms with Gasteiger partial charge in [-0.3, -0.25) is 5.10 Å². The molecule has 52 valence electrons. The number of aryl methyl sites for hydroxylation is 1. The molecule has 2 aromatic rings. The van der Waals surface area contributed by atoms with Crippen molar-refractivity contribution in [2.24, 2.45) is 0 Å². The lowest BCUT2D eigenvalue weighted by Gasteiger charge is -1.83. The van der Waals surface area contributed by atoms with Gasteiger partial charge in [0.05, 0.1) is 5.39 Å². The minimum Gasteiger partial charge on any atom is -0.280 e. The van der Waals surface area contributed by atoms with Crippen LogP contribution in [-0.2, 0) is 0 Å². The van der Waals surface area contributed by atoms with Gasteiger partial charge in [0.2, 0.25) is 0 Å². The Kier molecular flexibility index (Phi) is 0.943. The summed E-state index contributed by atoms with van der Waals surface area (Å²) in [5, 5.41) is 7.75. The number of nitrogens with one attached hydrogen (secondary N) is 1. The Hall–Kier alpha value is -1.45. The average Bonchev–Trinajstić information content (AvgIpc) is 2.34. The Bertz CT molecular complexity index is 356. The third kappa shape index (κ3) is 0.586. The van der Waals surface area contributed by atoms with Gasteiger partial charge in [-0.15, -0.1) is 0 Å². The SMILES string of the molecule is Cc1[nH]nc2ncncc12.[HH]. The van der Waals surface area contributed by atoms with Crippen molar-refractivity contribution in [1.29, 1.82) is 0 Å². The molecule has 0 amide bonds. The van der Waals surface area contributed by atoms with Crippen molar-refractivity contribution in [3.05, 3.63) is 18.2 Å². The van der Waals surface area contributed by atoms with Gasteiger partial charge in [-0.05, 0) is 6.92 Å². The summed E-state index contributed by atoms with van der Waals surface area (Å²) >= 11 is 0. The third-order valence-electron chi connectivity index (χ3n) is 1.42. The molecule has 2 aromatic heterocycles. The van der Waals surface area contributed by atoms with Crippen LogP contribution < -0.4 is 0 Å². The van der Waals surface area contributed by atoms with E-state index in [1.807, 2.05) is 6.92 Å². The van der Waals surface area contributed by atoms with Crippen LogP contribution in [0.4, 0.5) is 0 Å².